The lowest BCUT2D eigenvalue weighted by atomic mass is 9.66. The average Bonchev–Trinajstić information content (AvgIpc) is 2.74. The van der Waals surface area contributed by atoms with Gasteiger partial charge in [-0.3, -0.25) is 9.59 Å². The lowest BCUT2D eigenvalue weighted by Gasteiger charge is -2.61. The number of β-lactam (4-membered cyclic amide) rings is 1. The lowest BCUT2D eigenvalue weighted by molar-refractivity contribution is -0.156. The third kappa shape index (κ3) is 2.81. The second-order valence-electron chi connectivity index (χ2n) is 7.79. The molecule has 6 heteroatoms. The molecule has 29 heavy (non-hydrogen) atoms. The Morgan fingerprint density at radius 2 is 1.76 bits per heavy atom. The Hall–Kier alpha value is -2.57. The molecule has 2 aromatic rings. The number of para-hydroxylation sites is 1. The highest BCUT2D eigenvalue weighted by Gasteiger charge is 2.67. The number of esters is 1. The van der Waals surface area contributed by atoms with Gasteiger partial charge in [-0.25, -0.2) is 0 Å². The number of nitrogens with zero attached hydrogens (tertiary/aromatic N) is 1. The molecule has 0 spiro atoms. The molecule has 0 radical (unpaired) electrons. The Labute approximate surface area is 174 Å². The fraction of sp³-hybridized carbons (Fsp3) is 0.304. The molecule has 3 unspecified atom stereocenters. The molecule has 2 heterocycles. The summed E-state index contributed by atoms with van der Waals surface area (Å²) in [6, 6.07) is 18.3. The third-order valence-electron chi connectivity index (χ3n) is 6.12. The van der Waals surface area contributed by atoms with Crippen molar-refractivity contribution in [2.75, 3.05) is 6.54 Å². The molecule has 4 rings (SSSR count). The number of carbonyl (C=O) groups is 2. The summed E-state index contributed by atoms with van der Waals surface area (Å²) in [4.78, 5) is 27.8. The molecule has 2 aliphatic rings. The minimum atomic E-state index is -1.12. The molecule has 2 N–H and O–H groups in total. The second-order valence-corrected chi connectivity index (χ2v) is 9.32. The number of hydrogen-bond donors (Lipinski definition) is 1. The molecule has 2 fully saturated rings. The molecule has 0 aromatic heterocycles. The van der Waals surface area contributed by atoms with Crippen molar-refractivity contribution in [3.8, 4) is 5.75 Å². The molecule has 150 valence electrons. The van der Waals surface area contributed by atoms with Gasteiger partial charge in [-0.2, -0.15) is 0 Å². The van der Waals surface area contributed by atoms with Crippen LogP contribution in [0.4, 0.5) is 0 Å². The van der Waals surface area contributed by atoms with Crippen LogP contribution in [0.1, 0.15) is 19.4 Å². The second kappa shape index (κ2) is 7.04. The van der Waals surface area contributed by atoms with Crippen molar-refractivity contribution in [3.05, 3.63) is 78.4 Å². The first-order chi connectivity index (χ1) is 13.8. The van der Waals surface area contributed by atoms with Crippen LogP contribution >= 0.6 is 11.8 Å². The predicted molar refractivity (Wildman–Crippen MR) is 114 cm³/mol. The van der Waals surface area contributed by atoms with Crippen molar-refractivity contribution in [2.45, 2.75) is 30.0 Å². The highest BCUT2D eigenvalue weighted by Crippen LogP contribution is 2.61. The van der Waals surface area contributed by atoms with Crippen molar-refractivity contribution < 1.29 is 14.3 Å². The number of fused-ring (bicyclic) bond motifs is 1. The molecule has 0 bridgehead atoms. The van der Waals surface area contributed by atoms with E-state index in [1.807, 2.05) is 62.4 Å². The van der Waals surface area contributed by atoms with Crippen LogP contribution in [0.25, 0.3) is 0 Å². The number of carbonyl (C=O) groups excluding carboxylic acids is 2. The molecular formula is C23H24N2O3S. The van der Waals surface area contributed by atoms with Gasteiger partial charge in [-0.15, -0.1) is 11.8 Å². The highest BCUT2D eigenvalue weighted by atomic mass is 32.2. The first-order valence-corrected chi connectivity index (χ1v) is 10.4. The van der Waals surface area contributed by atoms with Crippen molar-refractivity contribution in [1.29, 1.82) is 0 Å². The molecule has 4 atom stereocenters. The van der Waals surface area contributed by atoms with Crippen LogP contribution in [0.2, 0.25) is 0 Å². The van der Waals surface area contributed by atoms with Crippen molar-refractivity contribution in [3.63, 3.8) is 0 Å². The van der Waals surface area contributed by atoms with Crippen LogP contribution in [0.15, 0.2) is 72.8 Å². The summed E-state index contributed by atoms with van der Waals surface area (Å²) in [7, 11) is 0. The SMILES string of the molecule is C=C(C)C1(C(=O)Oc2ccccc2)CN2C(=O)C(N)[C@H]2SC1(C)c1ccccc1. The number of ether oxygens (including phenoxy) is 1. The van der Waals surface area contributed by atoms with Crippen LogP contribution in [-0.4, -0.2) is 34.7 Å². The molecule has 2 aliphatic heterocycles. The van der Waals surface area contributed by atoms with Crippen molar-refractivity contribution in [1.82, 2.24) is 4.90 Å². The number of hydrogen-bond acceptors (Lipinski definition) is 5. The van der Waals surface area contributed by atoms with Gasteiger partial charge in [0, 0.05) is 6.54 Å². The smallest absolute Gasteiger partial charge is 0.325 e. The zero-order chi connectivity index (χ0) is 20.8. The largest absolute Gasteiger partial charge is 0.426 e. The van der Waals surface area contributed by atoms with Crippen LogP contribution in [0, 0.1) is 5.41 Å². The van der Waals surface area contributed by atoms with Gasteiger partial charge >= 0.3 is 5.97 Å². The number of rotatable bonds is 4. The Morgan fingerprint density at radius 3 is 2.34 bits per heavy atom. The average molecular weight is 409 g/mol. The Morgan fingerprint density at radius 1 is 1.17 bits per heavy atom. The van der Waals surface area contributed by atoms with Gasteiger partial charge in [-0.1, -0.05) is 60.7 Å². The predicted octanol–water partition coefficient (Wildman–Crippen LogP) is 3.31. The van der Waals surface area contributed by atoms with E-state index < -0.39 is 22.2 Å². The summed E-state index contributed by atoms with van der Waals surface area (Å²) >= 11 is 1.54. The van der Waals surface area contributed by atoms with Crippen molar-refractivity contribution in [2.24, 2.45) is 11.1 Å². The van der Waals surface area contributed by atoms with E-state index in [2.05, 4.69) is 6.58 Å². The first-order valence-electron chi connectivity index (χ1n) is 9.54. The van der Waals surface area contributed by atoms with Gasteiger partial charge in [0.1, 0.15) is 22.6 Å². The normalized spacial score (nSPS) is 30.9. The van der Waals surface area contributed by atoms with E-state index in [0.717, 1.165) is 5.56 Å². The minimum Gasteiger partial charge on any atom is -0.426 e. The van der Waals surface area contributed by atoms with E-state index in [1.54, 1.807) is 28.8 Å². The third-order valence-corrected chi connectivity index (χ3v) is 7.96. The standard InChI is InChI=1S/C23H24N2O3S/c1-15(2)23(21(27)28-17-12-8-5-9-13-17)14-25-19(26)18(24)20(25)29-22(23,3)16-10-6-4-7-11-16/h4-13,18,20H,1,14,24H2,2-3H3/t18?,20-,22?,23?/m1/s1. The summed E-state index contributed by atoms with van der Waals surface area (Å²) < 4.78 is 5.12. The summed E-state index contributed by atoms with van der Waals surface area (Å²) in [5, 5.41) is -0.176. The molecule has 0 aliphatic carbocycles. The van der Waals surface area contributed by atoms with Gasteiger partial charge in [0.25, 0.3) is 0 Å². The summed E-state index contributed by atoms with van der Waals surface area (Å²) in [5.41, 5.74) is 6.60. The summed E-state index contributed by atoms with van der Waals surface area (Å²) in [6.07, 6.45) is 0. The van der Waals surface area contributed by atoms with Crippen molar-refractivity contribution >= 4 is 23.6 Å². The molecule has 5 nitrogen and oxygen atoms in total. The maximum Gasteiger partial charge on any atom is 0.325 e. The van der Waals surface area contributed by atoms with Crippen LogP contribution in [0.5, 0.6) is 5.75 Å². The lowest BCUT2D eigenvalue weighted by Crippen LogP contribution is -2.75. The number of nitrogens with two attached hydrogens (primary N) is 1. The highest BCUT2D eigenvalue weighted by molar-refractivity contribution is 8.01. The zero-order valence-corrected chi connectivity index (χ0v) is 17.3. The van der Waals surface area contributed by atoms with E-state index >= 15 is 0 Å². The quantitative estimate of drug-likeness (QED) is 0.364. The fourth-order valence-corrected chi connectivity index (χ4v) is 6.18. The van der Waals surface area contributed by atoms with Gasteiger partial charge in [0.15, 0.2) is 0 Å². The topological polar surface area (TPSA) is 72.6 Å². The van der Waals surface area contributed by atoms with E-state index in [-0.39, 0.29) is 17.8 Å². The van der Waals surface area contributed by atoms with Gasteiger partial charge in [0.2, 0.25) is 5.91 Å². The number of amides is 1. The van der Waals surface area contributed by atoms with E-state index in [4.69, 9.17) is 10.5 Å². The molecule has 1 amide bonds. The Bertz CT molecular complexity index is 965. The Balaban J connectivity index is 1.84. The number of benzene rings is 2. The maximum atomic E-state index is 13.7. The molecule has 0 saturated carbocycles. The summed E-state index contributed by atoms with van der Waals surface area (Å²) in [6.45, 7) is 8.24. The van der Waals surface area contributed by atoms with Gasteiger partial charge < -0.3 is 15.4 Å². The zero-order valence-electron chi connectivity index (χ0n) is 16.5. The van der Waals surface area contributed by atoms with Gasteiger partial charge in [-0.05, 0) is 31.5 Å². The summed E-state index contributed by atoms with van der Waals surface area (Å²) in [5.74, 6) is -0.0928. The minimum absolute atomic E-state index is 0.143. The molecule has 2 saturated heterocycles. The fourth-order valence-electron chi connectivity index (χ4n) is 4.33. The van der Waals surface area contributed by atoms with Crippen LogP contribution < -0.4 is 10.5 Å². The van der Waals surface area contributed by atoms with E-state index in [9.17, 15) is 9.59 Å². The molecule has 2 aromatic carbocycles. The van der Waals surface area contributed by atoms with Crippen LogP contribution in [0.3, 0.4) is 0 Å². The van der Waals surface area contributed by atoms with E-state index in [0.29, 0.717) is 11.3 Å². The molecular weight excluding hydrogens is 384 g/mol. The monoisotopic (exact) mass is 408 g/mol. The van der Waals surface area contributed by atoms with Crippen LogP contribution in [-0.2, 0) is 14.3 Å². The Kier molecular flexibility index (Phi) is 4.79. The van der Waals surface area contributed by atoms with Gasteiger partial charge in [0.05, 0.1) is 4.75 Å². The van der Waals surface area contributed by atoms with E-state index in [1.165, 1.54) is 0 Å². The number of thioether (sulfide) groups is 1. The first kappa shape index (κ1) is 19.7. The maximum absolute atomic E-state index is 13.7.